The van der Waals surface area contributed by atoms with Crippen LogP contribution < -0.4 is 19.5 Å². The quantitative estimate of drug-likeness (QED) is 0.193. The Labute approximate surface area is 290 Å². The van der Waals surface area contributed by atoms with Crippen molar-refractivity contribution in [3.05, 3.63) is 72.3 Å². The lowest BCUT2D eigenvalue weighted by Gasteiger charge is -2.32. The maximum atomic E-state index is 5.98. The van der Waals surface area contributed by atoms with Gasteiger partial charge in [0.15, 0.2) is 5.82 Å². The molecule has 2 fully saturated rings. The van der Waals surface area contributed by atoms with E-state index in [9.17, 15) is 0 Å². The van der Waals surface area contributed by atoms with E-state index in [1.165, 1.54) is 5.56 Å². The van der Waals surface area contributed by atoms with Gasteiger partial charge in [-0.1, -0.05) is 12.1 Å². The largest absolute Gasteiger partial charge is 0.497 e. The number of halogens is 3. The van der Waals surface area contributed by atoms with Gasteiger partial charge in [0.1, 0.15) is 29.5 Å². The Morgan fingerprint density at radius 2 is 1.39 bits per heavy atom. The molecule has 0 radical (unpaired) electrons. The molecule has 0 saturated carbocycles. The van der Waals surface area contributed by atoms with Crippen LogP contribution in [0.4, 0.5) is 5.82 Å². The van der Waals surface area contributed by atoms with Gasteiger partial charge in [-0.2, -0.15) is 0 Å². The molecule has 250 valence electrons. The fourth-order valence-electron chi connectivity index (χ4n) is 5.82. The molecule has 0 atom stereocenters. The summed E-state index contributed by atoms with van der Waals surface area (Å²) in [5.74, 6) is 3.35. The van der Waals surface area contributed by atoms with Crippen LogP contribution >= 0.6 is 37.2 Å². The lowest BCUT2D eigenvalue weighted by Crippen LogP contribution is -2.39. The summed E-state index contributed by atoms with van der Waals surface area (Å²) in [5.41, 5.74) is 3.15. The summed E-state index contributed by atoms with van der Waals surface area (Å²) in [5, 5.41) is 15.1. The highest BCUT2D eigenvalue weighted by molar-refractivity contribution is 6.00. The first-order valence-electron chi connectivity index (χ1n) is 15.2. The molecule has 12 heteroatoms. The summed E-state index contributed by atoms with van der Waals surface area (Å²) in [4.78, 5) is 4.91. The predicted octanol–water partition coefficient (Wildman–Crippen LogP) is 6.37. The lowest BCUT2D eigenvalue weighted by atomic mass is 10.0. The SMILES string of the molecule is COc1ccc(-c2nnc(NC3CCN(Cc4ccc(OCCN5CCOCC5)cc4)CC3)c3cc(OC)ccc23)cc1.Cl.Cl.Cl. The molecule has 0 bridgehead atoms. The average Bonchev–Trinajstić information content (AvgIpc) is 3.07. The zero-order valence-electron chi connectivity index (χ0n) is 26.4. The number of anilines is 1. The first-order valence-corrected chi connectivity index (χ1v) is 15.2. The van der Waals surface area contributed by atoms with Gasteiger partial charge in [-0.15, -0.1) is 47.4 Å². The van der Waals surface area contributed by atoms with E-state index >= 15 is 0 Å². The van der Waals surface area contributed by atoms with Gasteiger partial charge in [0.05, 0.1) is 27.4 Å². The molecule has 3 heterocycles. The third-order valence-corrected chi connectivity index (χ3v) is 8.39. The maximum absolute atomic E-state index is 5.98. The Morgan fingerprint density at radius 1 is 0.739 bits per heavy atom. The Morgan fingerprint density at radius 3 is 2.07 bits per heavy atom. The minimum absolute atomic E-state index is 0. The van der Waals surface area contributed by atoms with Crippen LogP contribution in [0.15, 0.2) is 66.7 Å². The second-order valence-electron chi connectivity index (χ2n) is 11.2. The number of nitrogens with zero attached hydrogens (tertiary/aromatic N) is 4. The number of rotatable bonds is 11. The Bertz CT molecular complexity index is 1480. The van der Waals surface area contributed by atoms with Gasteiger partial charge in [0, 0.05) is 61.6 Å². The number of benzene rings is 3. The molecule has 0 aliphatic carbocycles. The summed E-state index contributed by atoms with van der Waals surface area (Å²) in [6.45, 7) is 8.25. The molecule has 2 aliphatic heterocycles. The van der Waals surface area contributed by atoms with Crippen LogP contribution in [0.3, 0.4) is 0 Å². The van der Waals surface area contributed by atoms with Gasteiger partial charge >= 0.3 is 0 Å². The van der Waals surface area contributed by atoms with E-state index in [4.69, 9.17) is 18.9 Å². The molecule has 2 aliphatic rings. The zero-order valence-corrected chi connectivity index (χ0v) is 28.8. The Balaban J connectivity index is 0.00000192. The number of methoxy groups -OCH3 is 2. The van der Waals surface area contributed by atoms with Crippen LogP contribution in [0.2, 0.25) is 0 Å². The highest BCUT2D eigenvalue weighted by Crippen LogP contribution is 2.34. The minimum atomic E-state index is 0. The third-order valence-electron chi connectivity index (χ3n) is 8.39. The molecule has 0 spiro atoms. The second-order valence-corrected chi connectivity index (χ2v) is 11.2. The molecule has 1 aromatic heterocycles. The summed E-state index contributed by atoms with van der Waals surface area (Å²) in [7, 11) is 3.36. The number of hydrogen-bond donors (Lipinski definition) is 1. The number of fused-ring (bicyclic) bond motifs is 1. The standard InChI is InChI=1S/C34H41N5O4.3ClH/c1-40-28-9-5-26(6-10-28)33-31-12-11-30(41-2)23-32(31)34(37-36-33)35-27-13-15-39(16-14-27)24-25-3-7-29(8-4-25)43-22-19-38-17-20-42-21-18-38;;;/h3-12,23,27H,13-22,24H2,1-2H3,(H,35,37);3*1H. The van der Waals surface area contributed by atoms with E-state index in [0.29, 0.717) is 12.6 Å². The predicted molar refractivity (Wildman–Crippen MR) is 191 cm³/mol. The van der Waals surface area contributed by atoms with Crippen molar-refractivity contribution in [2.75, 3.05) is 72.1 Å². The van der Waals surface area contributed by atoms with E-state index < -0.39 is 0 Å². The Hall–Kier alpha value is -3.05. The van der Waals surface area contributed by atoms with E-state index in [-0.39, 0.29) is 37.2 Å². The van der Waals surface area contributed by atoms with Gasteiger partial charge in [-0.05, 0) is 73.0 Å². The van der Waals surface area contributed by atoms with Crippen LogP contribution in [0.25, 0.3) is 22.0 Å². The maximum Gasteiger partial charge on any atom is 0.156 e. The van der Waals surface area contributed by atoms with Gasteiger partial charge in [0.2, 0.25) is 0 Å². The van der Waals surface area contributed by atoms with Gasteiger partial charge in [0.25, 0.3) is 0 Å². The van der Waals surface area contributed by atoms with Gasteiger partial charge in [-0.25, -0.2) is 0 Å². The molecule has 0 unspecified atom stereocenters. The molecule has 4 aromatic rings. The number of nitrogens with one attached hydrogen (secondary N) is 1. The number of morpholine rings is 1. The van der Waals surface area contributed by atoms with Crippen molar-refractivity contribution in [1.29, 1.82) is 0 Å². The van der Waals surface area contributed by atoms with Crippen LogP contribution in [-0.2, 0) is 11.3 Å². The Kier molecular flexibility index (Phi) is 14.9. The smallest absolute Gasteiger partial charge is 0.156 e. The number of likely N-dealkylation sites (tertiary alicyclic amines) is 1. The van der Waals surface area contributed by atoms with Crippen LogP contribution in [0.1, 0.15) is 18.4 Å². The number of ether oxygens (including phenoxy) is 4. The van der Waals surface area contributed by atoms with Crippen molar-refractivity contribution < 1.29 is 18.9 Å². The molecule has 1 N–H and O–H groups in total. The minimum Gasteiger partial charge on any atom is -0.497 e. The molecule has 3 aromatic carbocycles. The molecular formula is C34H44Cl3N5O4. The number of piperidine rings is 1. The first kappa shape index (κ1) is 37.4. The monoisotopic (exact) mass is 691 g/mol. The van der Waals surface area contributed by atoms with Crippen LogP contribution in [-0.4, -0.2) is 92.8 Å². The summed E-state index contributed by atoms with van der Waals surface area (Å²) in [6, 6.07) is 22.9. The van der Waals surface area contributed by atoms with Crippen LogP contribution in [0.5, 0.6) is 17.2 Å². The van der Waals surface area contributed by atoms with E-state index in [1.807, 2.05) is 36.4 Å². The summed E-state index contributed by atoms with van der Waals surface area (Å²) in [6.07, 6.45) is 2.08. The molecule has 2 saturated heterocycles. The number of hydrogen-bond acceptors (Lipinski definition) is 9. The van der Waals surface area contributed by atoms with E-state index in [2.05, 4.69) is 55.6 Å². The number of aromatic nitrogens is 2. The van der Waals surface area contributed by atoms with E-state index in [0.717, 1.165) is 110 Å². The summed E-state index contributed by atoms with van der Waals surface area (Å²) < 4.78 is 22.3. The average molecular weight is 693 g/mol. The van der Waals surface area contributed by atoms with Crippen molar-refractivity contribution in [2.24, 2.45) is 0 Å². The van der Waals surface area contributed by atoms with Crippen LogP contribution in [0, 0.1) is 0 Å². The lowest BCUT2D eigenvalue weighted by molar-refractivity contribution is 0.0322. The first-order chi connectivity index (χ1) is 21.2. The third kappa shape index (κ3) is 9.50. The highest BCUT2D eigenvalue weighted by atomic mass is 35.5. The fraction of sp³-hybridized carbons (Fsp3) is 0.412. The van der Waals surface area contributed by atoms with Crippen molar-refractivity contribution in [3.63, 3.8) is 0 Å². The van der Waals surface area contributed by atoms with E-state index in [1.54, 1.807) is 14.2 Å². The second kappa shape index (κ2) is 18.3. The molecular weight excluding hydrogens is 649 g/mol. The molecule has 0 amide bonds. The molecule has 46 heavy (non-hydrogen) atoms. The topological polar surface area (TPSA) is 81.2 Å². The normalized spacial score (nSPS) is 15.6. The summed E-state index contributed by atoms with van der Waals surface area (Å²) >= 11 is 0. The van der Waals surface area contributed by atoms with Crippen molar-refractivity contribution in [3.8, 4) is 28.5 Å². The zero-order chi connectivity index (χ0) is 29.4. The van der Waals surface area contributed by atoms with Gasteiger partial charge in [-0.3, -0.25) is 9.80 Å². The highest BCUT2D eigenvalue weighted by Gasteiger charge is 2.21. The molecule has 9 nitrogen and oxygen atoms in total. The molecule has 6 rings (SSSR count). The van der Waals surface area contributed by atoms with Crippen molar-refractivity contribution in [1.82, 2.24) is 20.0 Å². The van der Waals surface area contributed by atoms with Crippen molar-refractivity contribution >= 4 is 53.8 Å². The van der Waals surface area contributed by atoms with Crippen molar-refractivity contribution in [2.45, 2.75) is 25.4 Å². The van der Waals surface area contributed by atoms with Gasteiger partial charge < -0.3 is 24.3 Å². The fourth-order valence-corrected chi connectivity index (χ4v) is 5.82.